The fraction of sp³-hybridized carbons (Fsp3) is 0.667. The van der Waals surface area contributed by atoms with Crippen molar-refractivity contribution in [2.75, 3.05) is 53.2 Å². The molecule has 0 radical (unpaired) electrons. The van der Waals surface area contributed by atoms with Crippen LogP contribution in [-0.2, 0) is 16.4 Å². The monoisotopic (exact) mass is 568 g/mol. The van der Waals surface area contributed by atoms with Crippen LogP contribution in [0, 0.1) is 5.92 Å². The van der Waals surface area contributed by atoms with Crippen molar-refractivity contribution in [3.05, 3.63) is 23.8 Å². The van der Waals surface area contributed by atoms with Gasteiger partial charge in [0.15, 0.2) is 17.5 Å². The first-order valence-electron chi connectivity index (χ1n) is 10.6. The van der Waals surface area contributed by atoms with E-state index in [1.807, 2.05) is 19.1 Å². The third-order valence-electron chi connectivity index (χ3n) is 5.29. The molecule has 1 aliphatic rings. The Morgan fingerprint density at radius 3 is 2.52 bits per heavy atom. The van der Waals surface area contributed by atoms with Crippen LogP contribution < -0.4 is 20.1 Å². The van der Waals surface area contributed by atoms with Crippen LogP contribution in [0.25, 0.3) is 0 Å². The number of benzene rings is 1. The maximum atomic E-state index is 11.6. The van der Waals surface area contributed by atoms with Crippen molar-refractivity contribution >= 4 is 40.0 Å². The molecule has 2 N–H and O–H groups in total. The molecule has 1 aromatic rings. The summed E-state index contributed by atoms with van der Waals surface area (Å²) < 4.78 is 35.7. The molecule has 1 aliphatic heterocycles. The molecule has 0 unspecified atom stereocenters. The Balaban J connectivity index is 0.00000480. The second-order valence-corrected chi connectivity index (χ2v) is 9.49. The SMILES string of the molecule is CCOc1cc(CCCNC(=NC)NCC2CCN(S(C)(=O)=O)CC2)ccc1OC.I. The van der Waals surface area contributed by atoms with Gasteiger partial charge in [-0.2, -0.15) is 0 Å². The Morgan fingerprint density at radius 1 is 1.23 bits per heavy atom. The van der Waals surface area contributed by atoms with Crippen molar-refractivity contribution in [3.8, 4) is 11.5 Å². The number of ether oxygens (including phenoxy) is 2. The van der Waals surface area contributed by atoms with Crippen molar-refractivity contribution in [1.82, 2.24) is 14.9 Å². The number of halogens is 1. The number of rotatable bonds is 10. The quantitative estimate of drug-likeness (QED) is 0.195. The topological polar surface area (TPSA) is 92.3 Å². The zero-order chi connectivity index (χ0) is 22.0. The van der Waals surface area contributed by atoms with E-state index in [-0.39, 0.29) is 24.0 Å². The molecule has 0 bridgehead atoms. The molecule has 0 saturated carbocycles. The minimum atomic E-state index is -3.07. The van der Waals surface area contributed by atoms with Crippen LogP contribution in [0.2, 0.25) is 0 Å². The van der Waals surface area contributed by atoms with E-state index in [2.05, 4.69) is 21.7 Å². The maximum absolute atomic E-state index is 11.6. The summed E-state index contributed by atoms with van der Waals surface area (Å²) in [5.41, 5.74) is 1.21. The van der Waals surface area contributed by atoms with E-state index in [1.54, 1.807) is 18.5 Å². The van der Waals surface area contributed by atoms with Crippen LogP contribution in [0.5, 0.6) is 11.5 Å². The number of aryl methyl sites for hydroxylation is 1. The average molecular weight is 569 g/mol. The highest BCUT2D eigenvalue weighted by molar-refractivity contribution is 14.0. The number of nitrogens with one attached hydrogen (secondary N) is 2. The smallest absolute Gasteiger partial charge is 0.211 e. The number of piperidine rings is 1. The van der Waals surface area contributed by atoms with E-state index < -0.39 is 10.0 Å². The molecule has 0 atom stereocenters. The van der Waals surface area contributed by atoms with E-state index >= 15 is 0 Å². The number of hydrogen-bond donors (Lipinski definition) is 2. The van der Waals surface area contributed by atoms with Crippen LogP contribution in [0.1, 0.15) is 31.7 Å². The third-order valence-corrected chi connectivity index (χ3v) is 6.59. The van der Waals surface area contributed by atoms with Crippen molar-refractivity contribution in [1.29, 1.82) is 0 Å². The number of methoxy groups -OCH3 is 1. The van der Waals surface area contributed by atoms with Gasteiger partial charge in [0, 0.05) is 33.2 Å². The molecule has 0 aromatic heterocycles. The Kier molecular flexibility index (Phi) is 12.5. The summed E-state index contributed by atoms with van der Waals surface area (Å²) in [6, 6.07) is 6.05. The van der Waals surface area contributed by atoms with Gasteiger partial charge in [-0.15, -0.1) is 24.0 Å². The lowest BCUT2D eigenvalue weighted by Crippen LogP contribution is -2.44. The van der Waals surface area contributed by atoms with Gasteiger partial charge in [-0.3, -0.25) is 4.99 Å². The van der Waals surface area contributed by atoms with Crippen LogP contribution in [0.15, 0.2) is 23.2 Å². The summed E-state index contributed by atoms with van der Waals surface area (Å²) in [6.45, 7) is 5.38. The molecule has 0 spiro atoms. The number of nitrogens with zero attached hydrogens (tertiary/aromatic N) is 2. The average Bonchev–Trinajstić information content (AvgIpc) is 2.73. The molecule has 1 saturated heterocycles. The molecule has 1 aromatic carbocycles. The molecule has 1 fully saturated rings. The summed E-state index contributed by atoms with van der Waals surface area (Å²) in [5.74, 6) is 2.78. The summed E-state index contributed by atoms with van der Waals surface area (Å²) in [7, 11) is 0.340. The molecule has 10 heteroatoms. The fourth-order valence-corrected chi connectivity index (χ4v) is 4.42. The summed E-state index contributed by atoms with van der Waals surface area (Å²) in [5, 5.41) is 6.72. The zero-order valence-corrected chi connectivity index (χ0v) is 22.2. The molecule has 178 valence electrons. The molecular formula is C21H37IN4O4S. The minimum absolute atomic E-state index is 0. The van der Waals surface area contributed by atoms with Gasteiger partial charge in [0.1, 0.15) is 0 Å². The third kappa shape index (κ3) is 9.40. The highest BCUT2D eigenvalue weighted by Gasteiger charge is 2.24. The Hall–Kier alpha value is -1.27. The highest BCUT2D eigenvalue weighted by atomic mass is 127. The predicted molar refractivity (Wildman–Crippen MR) is 136 cm³/mol. The van der Waals surface area contributed by atoms with Crippen molar-refractivity contribution in [3.63, 3.8) is 0 Å². The molecule has 1 heterocycles. The maximum Gasteiger partial charge on any atom is 0.211 e. The number of sulfonamides is 1. The molecule has 0 aliphatic carbocycles. The van der Waals surface area contributed by atoms with Crippen LogP contribution in [0.3, 0.4) is 0 Å². The number of guanidine groups is 1. The van der Waals surface area contributed by atoms with Crippen molar-refractivity contribution in [2.45, 2.75) is 32.6 Å². The van der Waals surface area contributed by atoms with E-state index in [0.29, 0.717) is 25.6 Å². The first kappa shape index (κ1) is 27.8. The lowest BCUT2D eigenvalue weighted by Gasteiger charge is -2.30. The largest absolute Gasteiger partial charge is 0.493 e. The first-order valence-corrected chi connectivity index (χ1v) is 12.4. The lowest BCUT2D eigenvalue weighted by molar-refractivity contribution is 0.275. The first-order chi connectivity index (χ1) is 14.4. The standard InChI is InChI=1S/C21H36N4O4S.HI/c1-5-29-20-15-17(8-9-19(20)28-3)7-6-12-23-21(22-2)24-16-18-10-13-25(14-11-18)30(4,26)27;/h8-9,15,18H,5-7,10-14,16H2,1-4H3,(H2,22,23,24);1H. The highest BCUT2D eigenvalue weighted by Crippen LogP contribution is 2.28. The normalized spacial score (nSPS) is 15.8. The lowest BCUT2D eigenvalue weighted by atomic mass is 9.98. The molecular weight excluding hydrogens is 531 g/mol. The van der Waals surface area contributed by atoms with Gasteiger partial charge in [0.25, 0.3) is 0 Å². The second-order valence-electron chi connectivity index (χ2n) is 7.51. The summed E-state index contributed by atoms with van der Waals surface area (Å²) in [4.78, 5) is 4.28. The summed E-state index contributed by atoms with van der Waals surface area (Å²) in [6.07, 6.45) is 4.91. The van der Waals surface area contributed by atoms with Crippen LogP contribution >= 0.6 is 24.0 Å². The molecule has 2 rings (SSSR count). The predicted octanol–water partition coefficient (Wildman–Crippen LogP) is 2.48. The van der Waals surface area contributed by atoms with E-state index in [4.69, 9.17) is 9.47 Å². The number of aliphatic imine (C=N–C) groups is 1. The minimum Gasteiger partial charge on any atom is -0.493 e. The van der Waals surface area contributed by atoms with Gasteiger partial charge in [-0.05, 0) is 56.2 Å². The van der Waals surface area contributed by atoms with Crippen molar-refractivity contribution < 1.29 is 17.9 Å². The van der Waals surface area contributed by atoms with Gasteiger partial charge in [0.2, 0.25) is 10.0 Å². The Bertz CT molecular complexity index is 797. The Morgan fingerprint density at radius 2 is 1.94 bits per heavy atom. The van der Waals surface area contributed by atoms with E-state index in [1.165, 1.54) is 11.8 Å². The molecule has 8 nitrogen and oxygen atoms in total. The van der Waals surface area contributed by atoms with Crippen molar-refractivity contribution in [2.24, 2.45) is 10.9 Å². The van der Waals surface area contributed by atoms with Gasteiger partial charge in [0.05, 0.1) is 20.0 Å². The van der Waals surface area contributed by atoms with E-state index in [0.717, 1.165) is 56.2 Å². The summed E-state index contributed by atoms with van der Waals surface area (Å²) >= 11 is 0. The van der Waals surface area contributed by atoms with Gasteiger partial charge >= 0.3 is 0 Å². The second kappa shape index (κ2) is 14.0. The molecule has 31 heavy (non-hydrogen) atoms. The zero-order valence-electron chi connectivity index (χ0n) is 19.0. The van der Waals surface area contributed by atoms with Crippen LogP contribution in [0.4, 0.5) is 0 Å². The van der Waals surface area contributed by atoms with E-state index in [9.17, 15) is 8.42 Å². The molecule has 0 amide bonds. The van der Waals surface area contributed by atoms with Gasteiger partial charge in [-0.1, -0.05) is 6.07 Å². The van der Waals surface area contributed by atoms with Gasteiger partial charge < -0.3 is 20.1 Å². The van der Waals surface area contributed by atoms with Gasteiger partial charge in [-0.25, -0.2) is 12.7 Å². The Labute approximate surface area is 204 Å². The number of hydrogen-bond acceptors (Lipinski definition) is 5. The van der Waals surface area contributed by atoms with Crippen LogP contribution in [-0.4, -0.2) is 71.9 Å². The fourth-order valence-electron chi connectivity index (χ4n) is 3.55.